The Bertz CT molecular complexity index is 2310. The van der Waals surface area contributed by atoms with Crippen molar-refractivity contribution in [2.75, 3.05) is 5.73 Å². The molecule has 3 heterocycles. The summed E-state index contributed by atoms with van der Waals surface area (Å²) in [6.07, 6.45) is -0.110. The first kappa shape index (κ1) is 33.5. The predicted molar refractivity (Wildman–Crippen MR) is 186 cm³/mol. The Morgan fingerprint density at radius 3 is 2.53 bits per heavy atom. The van der Waals surface area contributed by atoms with Gasteiger partial charge in [-0.3, -0.25) is 9.48 Å². The van der Waals surface area contributed by atoms with E-state index in [1.54, 1.807) is 68.0 Å². The summed E-state index contributed by atoms with van der Waals surface area (Å²) in [4.78, 5) is 22.0. The van der Waals surface area contributed by atoms with E-state index >= 15 is 0 Å². The van der Waals surface area contributed by atoms with Crippen molar-refractivity contribution in [1.82, 2.24) is 25.1 Å². The minimum absolute atomic E-state index is 0.0410. The van der Waals surface area contributed by atoms with Crippen LogP contribution in [-0.4, -0.2) is 41.5 Å². The fourth-order valence-corrected chi connectivity index (χ4v) is 6.31. The van der Waals surface area contributed by atoms with Crippen molar-refractivity contribution >= 4 is 45.1 Å². The van der Waals surface area contributed by atoms with Gasteiger partial charge in [0.05, 0.1) is 34.1 Å². The number of H-pyrrole nitrogens is 1. The third kappa shape index (κ3) is 7.06. The number of aliphatic hydroxyl groups is 1. The van der Waals surface area contributed by atoms with Crippen LogP contribution in [0.15, 0.2) is 60.7 Å². The highest BCUT2D eigenvalue weighted by molar-refractivity contribution is 6.37. The van der Waals surface area contributed by atoms with Gasteiger partial charge >= 0.3 is 0 Å². The van der Waals surface area contributed by atoms with Crippen LogP contribution >= 0.6 is 11.6 Å². The second-order valence-corrected chi connectivity index (χ2v) is 12.9. The molecule has 250 valence electrons. The number of aromatic nitrogens is 4. The molecule has 12 heteroatoms. The number of fused-ring (bicyclic) bond motifs is 2. The number of nitrogens with zero attached hydrogens (tertiary/aromatic N) is 3. The summed E-state index contributed by atoms with van der Waals surface area (Å²) in [7, 11) is 1.73. The van der Waals surface area contributed by atoms with Gasteiger partial charge < -0.3 is 26.2 Å². The van der Waals surface area contributed by atoms with Crippen LogP contribution in [0.25, 0.3) is 32.9 Å². The van der Waals surface area contributed by atoms with E-state index in [2.05, 4.69) is 27.2 Å². The molecule has 0 aliphatic heterocycles. The van der Waals surface area contributed by atoms with Crippen molar-refractivity contribution in [2.24, 2.45) is 7.05 Å². The fraction of sp³-hybridized carbons (Fsp3) is 0.216. The van der Waals surface area contributed by atoms with E-state index in [4.69, 9.17) is 22.3 Å². The monoisotopic (exact) mass is 682 g/mol. The summed E-state index contributed by atoms with van der Waals surface area (Å²) < 4.78 is 30.5. The van der Waals surface area contributed by atoms with Gasteiger partial charge in [-0.15, -0.1) is 0 Å². The molecular weight excluding hydrogens is 650 g/mol. The third-order valence-corrected chi connectivity index (χ3v) is 8.46. The maximum absolute atomic E-state index is 14.5. The zero-order valence-electron chi connectivity index (χ0n) is 27.1. The average molecular weight is 683 g/mol. The molecule has 3 aromatic carbocycles. The lowest BCUT2D eigenvalue weighted by molar-refractivity contribution is -0.121. The SMILES string of the molecule is Cc1[nH]c2ccc(O)cc2c1CC(=O)N[C@@H](Cc1cc(F)cc(F)c1)c1nc(C#CC(C)(C)O)ccc1-c1ccc(Cl)c2c(N)nn(C)c12. The van der Waals surface area contributed by atoms with Gasteiger partial charge in [0.15, 0.2) is 5.82 Å². The lowest BCUT2D eigenvalue weighted by atomic mass is 9.93. The first-order valence-corrected chi connectivity index (χ1v) is 15.8. The standard InChI is InChI=1S/C37H33ClF2N6O3/c1-19-27(28-17-24(47)6-10-30(28)42-19)18-32(48)44-31(15-20-13-21(39)16-22(40)14-20)34-25(7-5-23(43-34)11-12-37(2,3)49)26-8-9-29(38)33-35(26)46(4)45-36(33)41/h5-10,13-14,16-17,31,42,47,49H,15,18H2,1-4H3,(H2,41,45)(H,44,48)/t31-/m0/s1. The number of anilines is 1. The van der Waals surface area contributed by atoms with E-state index in [9.17, 15) is 23.8 Å². The Balaban J connectivity index is 1.52. The Labute approximate surface area is 285 Å². The number of benzene rings is 3. The van der Waals surface area contributed by atoms with Gasteiger partial charge in [0, 0.05) is 40.8 Å². The van der Waals surface area contributed by atoms with Crippen molar-refractivity contribution in [3.63, 3.8) is 0 Å². The normalized spacial score (nSPS) is 12.2. The molecule has 0 radical (unpaired) electrons. The summed E-state index contributed by atoms with van der Waals surface area (Å²) in [5.41, 5.74) is 9.84. The number of rotatable bonds is 7. The fourth-order valence-electron chi connectivity index (χ4n) is 6.06. The number of aryl methyl sites for hydroxylation is 2. The van der Waals surface area contributed by atoms with Crippen LogP contribution in [-0.2, 0) is 24.7 Å². The number of carbonyl (C=O) groups is 1. The van der Waals surface area contributed by atoms with E-state index in [-0.39, 0.29) is 30.0 Å². The number of aromatic amines is 1. The Hall–Kier alpha value is -5.44. The van der Waals surface area contributed by atoms with Gasteiger partial charge in [-0.25, -0.2) is 13.8 Å². The highest BCUT2D eigenvalue weighted by Crippen LogP contribution is 2.39. The highest BCUT2D eigenvalue weighted by Gasteiger charge is 2.26. The number of pyridine rings is 1. The molecule has 3 aromatic heterocycles. The molecule has 0 bridgehead atoms. The van der Waals surface area contributed by atoms with E-state index in [1.165, 1.54) is 12.1 Å². The van der Waals surface area contributed by atoms with Crippen LogP contribution in [0, 0.1) is 30.4 Å². The molecule has 6 N–H and O–H groups in total. The van der Waals surface area contributed by atoms with Gasteiger partial charge in [0.25, 0.3) is 0 Å². The van der Waals surface area contributed by atoms with Crippen LogP contribution in [0.4, 0.5) is 14.6 Å². The van der Waals surface area contributed by atoms with E-state index in [1.807, 2.05) is 6.92 Å². The second kappa shape index (κ2) is 12.9. The molecule has 0 saturated carbocycles. The van der Waals surface area contributed by atoms with Crippen molar-refractivity contribution in [3.8, 4) is 28.7 Å². The number of halogens is 3. The van der Waals surface area contributed by atoms with Crippen LogP contribution in [0.1, 0.15) is 48.1 Å². The van der Waals surface area contributed by atoms with Gasteiger partial charge in [0.1, 0.15) is 28.7 Å². The molecule has 49 heavy (non-hydrogen) atoms. The van der Waals surface area contributed by atoms with Gasteiger partial charge in [-0.05, 0) is 92.8 Å². The Morgan fingerprint density at radius 2 is 1.82 bits per heavy atom. The van der Waals surface area contributed by atoms with Gasteiger partial charge in [-0.2, -0.15) is 5.10 Å². The number of hydrogen-bond donors (Lipinski definition) is 5. The quantitative estimate of drug-likeness (QED) is 0.123. The minimum Gasteiger partial charge on any atom is -0.508 e. The van der Waals surface area contributed by atoms with Crippen molar-refractivity contribution in [2.45, 2.75) is 45.3 Å². The maximum atomic E-state index is 14.5. The number of phenolic OH excluding ortho intramolecular Hbond substituents is 1. The number of nitrogens with two attached hydrogens (primary N) is 1. The maximum Gasteiger partial charge on any atom is 0.225 e. The summed E-state index contributed by atoms with van der Waals surface area (Å²) in [6, 6.07) is 14.1. The summed E-state index contributed by atoms with van der Waals surface area (Å²) in [6.45, 7) is 4.92. The van der Waals surface area contributed by atoms with E-state index in [0.29, 0.717) is 49.4 Å². The number of amides is 1. The molecule has 0 spiro atoms. The zero-order chi connectivity index (χ0) is 35.2. The van der Waals surface area contributed by atoms with Gasteiger partial charge in [-0.1, -0.05) is 23.6 Å². The lowest BCUT2D eigenvalue weighted by Crippen LogP contribution is -2.32. The van der Waals surface area contributed by atoms with Crippen LogP contribution in [0.5, 0.6) is 5.75 Å². The lowest BCUT2D eigenvalue weighted by Gasteiger charge is -2.23. The molecule has 0 aliphatic rings. The second-order valence-electron chi connectivity index (χ2n) is 12.5. The van der Waals surface area contributed by atoms with E-state index < -0.39 is 29.2 Å². The topological polar surface area (TPSA) is 142 Å². The van der Waals surface area contributed by atoms with Crippen LogP contribution < -0.4 is 11.1 Å². The molecule has 0 aliphatic carbocycles. The first-order valence-electron chi connectivity index (χ1n) is 15.4. The molecule has 1 amide bonds. The Kier molecular flexibility index (Phi) is 8.79. The third-order valence-electron chi connectivity index (χ3n) is 8.14. The molecule has 0 saturated heterocycles. The van der Waals surface area contributed by atoms with Crippen molar-refractivity contribution in [1.29, 1.82) is 0 Å². The van der Waals surface area contributed by atoms with E-state index in [0.717, 1.165) is 17.3 Å². The smallest absolute Gasteiger partial charge is 0.225 e. The number of hydrogen-bond acceptors (Lipinski definition) is 6. The number of nitrogens with one attached hydrogen (secondary N) is 2. The number of carbonyl (C=O) groups excluding carboxylic acids is 1. The molecule has 0 unspecified atom stereocenters. The number of nitrogen functional groups attached to an aromatic ring is 1. The number of aromatic hydroxyl groups is 1. The molecule has 9 nitrogen and oxygen atoms in total. The first-order chi connectivity index (χ1) is 23.2. The van der Waals surface area contributed by atoms with Crippen LogP contribution in [0.2, 0.25) is 5.02 Å². The molecule has 6 aromatic rings. The van der Waals surface area contributed by atoms with Crippen molar-refractivity contribution in [3.05, 3.63) is 106 Å². The van der Waals surface area contributed by atoms with Crippen LogP contribution in [0.3, 0.4) is 0 Å². The molecule has 0 fully saturated rings. The number of phenols is 1. The summed E-state index contributed by atoms with van der Waals surface area (Å²) in [5.74, 6) is 4.01. The zero-order valence-corrected chi connectivity index (χ0v) is 27.9. The van der Waals surface area contributed by atoms with Crippen molar-refractivity contribution < 1.29 is 23.8 Å². The molecular formula is C37H33ClF2N6O3. The molecule has 1 atom stereocenters. The van der Waals surface area contributed by atoms with Gasteiger partial charge in [0.2, 0.25) is 5.91 Å². The Morgan fingerprint density at radius 1 is 1.10 bits per heavy atom. The summed E-state index contributed by atoms with van der Waals surface area (Å²) in [5, 5.41) is 29.5. The average Bonchev–Trinajstić information content (AvgIpc) is 3.49. The molecule has 6 rings (SSSR count). The summed E-state index contributed by atoms with van der Waals surface area (Å²) >= 11 is 6.55. The predicted octanol–water partition coefficient (Wildman–Crippen LogP) is 6.41. The minimum atomic E-state index is -1.31. The highest BCUT2D eigenvalue weighted by atomic mass is 35.5. The largest absolute Gasteiger partial charge is 0.508 e.